The molecule has 3 aromatic carbocycles. The van der Waals surface area contributed by atoms with Gasteiger partial charge in [-0.1, -0.05) is 67.1 Å². The third-order valence-corrected chi connectivity index (χ3v) is 11.3. The van der Waals surface area contributed by atoms with Gasteiger partial charge in [-0.25, -0.2) is 4.39 Å². The first-order valence-corrected chi connectivity index (χ1v) is 17.6. The average Bonchev–Trinajstić information content (AvgIpc) is 3.17. The number of nitrogens with one attached hydrogen (secondary N) is 2. The number of hydrogen-bond donors (Lipinski definition) is 2. The summed E-state index contributed by atoms with van der Waals surface area (Å²) < 4.78 is 19.5. The van der Waals surface area contributed by atoms with E-state index in [0.29, 0.717) is 38.2 Å². The van der Waals surface area contributed by atoms with Crippen LogP contribution in [0.2, 0.25) is 29.7 Å². The first kappa shape index (κ1) is 30.3. The molecule has 1 saturated heterocycles. The van der Waals surface area contributed by atoms with Crippen LogP contribution < -0.4 is 10.6 Å². The number of rotatable bonds is 4. The standard InChI is InChI=1S/C25H19Cl2FN2O2.C6H16OSi/c1-13-5-7-17(28)11-18(13)20-12-22(31)30-23(14-3-2-4-15(26)9-14)25(20)19-8-6-16(27)10-21(19)29-24(25)32;1-6(7-2)8(3,4)5/h2-11,20,23H,12H2,1H3,(H,29,32)(H,30,31);6H,1-5H3/t20-,23+,25-;/m1./s1. The van der Waals surface area contributed by atoms with Crippen LogP contribution in [0.1, 0.15) is 47.6 Å². The molecule has 0 saturated carbocycles. The number of carbonyl (C=O) groups is 2. The molecule has 0 bridgehead atoms. The second-order valence-electron chi connectivity index (χ2n) is 11.6. The van der Waals surface area contributed by atoms with Crippen molar-refractivity contribution in [2.24, 2.45) is 0 Å². The largest absolute Gasteiger partial charge is 0.385 e. The van der Waals surface area contributed by atoms with Crippen molar-refractivity contribution < 1.29 is 18.7 Å². The molecule has 2 N–H and O–H groups in total. The number of fused-ring (bicyclic) bond motifs is 2. The Labute approximate surface area is 246 Å². The second kappa shape index (κ2) is 11.6. The Morgan fingerprint density at radius 2 is 1.73 bits per heavy atom. The third kappa shape index (κ3) is 5.70. The monoisotopic (exact) mass is 600 g/mol. The Kier molecular flexibility index (Phi) is 8.81. The van der Waals surface area contributed by atoms with Crippen LogP contribution in [0.4, 0.5) is 10.1 Å². The summed E-state index contributed by atoms with van der Waals surface area (Å²) >= 11 is 12.5. The maximum absolute atomic E-state index is 14.4. The molecule has 2 aliphatic rings. The lowest BCUT2D eigenvalue weighted by atomic mass is 9.59. The molecule has 2 heterocycles. The molecule has 9 heteroatoms. The number of amides is 2. The molecule has 1 unspecified atom stereocenters. The highest BCUT2D eigenvalue weighted by Crippen LogP contribution is 2.58. The number of piperidine rings is 1. The predicted octanol–water partition coefficient (Wildman–Crippen LogP) is 7.57. The Morgan fingerprint density at radius 1 is 1.02 bits per heavy atom. The van der Waals surface area contributed by atoms with Crippen molar-refractivity contribution in [3.63, 3.8) is 0 Å². The quantitative estimate of drug-likeness (QED) is 0.303. The van der Waals surface area contributed by atoms with Gasteiger partial charge in [0.15, 0.2) is 0 Å². The zero-order valence-electron chi connectivity index (χ0n) is 23.6. The second-order valence-corrected chi connectivity index (χ2v) is 18.0. The summed E-state index contributed by atoms with van der Waals surface area (Å²) in [6, 6.07) is 16.1. The van der Waals surface area contributed by atoms with E-state index < -0.39 is 31.3 Å². The molecule has 3 aromatic rings. The molecule has 0 aromatic heterocycles. The topological polar surface area (TPSA) is 67.4 Å². The van der Waals surface area contributed by atoms with Crippen LogP contribution >= 0.6 is 23.2 Å². The van der Waals surface area contributed by atoms with Crippen LogP contribution in [0.5, 0.6) is 0 Å². The third-order valence-electron chi connectivity index (χ3n) is 8.12. The van der Waals surface area contributed by atoms with Crippen LogP contribution in [0, 0.1) is 12.7 Å². The smallest absolute Gasteiger partial charge is 0.238 e. The summed E-state index contributed by atoms with van der Waals surface area (Å²) in [5, 5.41) is 6.96. The Balaban J connectivity index is 0.000000406. The highest BCUT2D eigenvalue weighted by Gasteiger charge is 2.61. The number of benzene rings is 3. The Hall–Kier alpha value is -2.71. The first-order valence-electron chi connectivity index (χ1n) is 13.2. The van der Waals surface area contributed by atoms with Crippen molar-refractivity contribution in [2.75, 3.05) is 12.4 Å². The first-order chi connectivity index (χ1) is 18.8. The average molecular weight is 602 g/mol. The van der Waals surface area contributed by atoms with Crippen molar-refractivity contribution in [3.8, 4) is 0 Å². The molecule has 212 valence electrons. The molecule has 40 heavy (non-hydrogen) atoms. The molecule has 5 rings (SSSR count). The van der Waals surface area contributed by atoms with E-state index in [9.17, 15) is 14.0 Å². The van der Waals surface area contributed by atoms with Crippen LogP contribution in [-0.4, -0.2) is 32.7 Å². The summed E-state index contributed by atoms with van der Waals surface area (Å²) in [6.07, 6.45) is 0.0385. The number of ether oxygens (including phenoxy) is 1. The number of anilines is 1. The van der Waals surface area contributed by atoms with E-state index in [2.05, 4.69) is 37.2 Å². The minimum atomic E-state index is -1.21. The van der Waals surface area contributed by atoms with Crippen LogP contribution in [0.25, 0.3) is 0 Å². The highest BCUT2D eigenvalue weighted by molar-refractivity contribution is 6.77. The summed E-state index contributed by atoms with van der Waals surface area (Å²) in [4.78, 5) is 26.8. The molecule has 1 spiro atoms. The van der Waals surface area contributed by atoms with Crippen LogP contribution in [0.15, 0.2) is 60.7 Å². The van der Waals surface area contributed by atoms with Gasteiger partial charge in [0.2, 0.25) is 11.8 Å². The van der Waals surface area contributed by atoms with Crippen molar-refractivity contribution in [1.29, 1.82) is 0 Å². The van der Waals surface area contributed by atoms with Crippen molar-refractivity contribution in [3.05, 3.63) is 98.8 Å². The minimum Gasteiger partial charge on any atom is -0.385 e. The van der Waals surface area contributed by atoms with E-state index in [4.69, 9.17) is 27.9 Å². The molecule has 1 fully saturated rings. The fraction of sp³-hybridized carbons (Fsp3) is 0.355. The van der Waals surface area contributed by atoms with E-state index in [1.54, 1.807) is 43.5 Å². The maximum atomic E-state index is 14.4. The fourth-order valence-corrected chi connectivity index (χ4v) is 6.65. The molecule has 0 radical (unpaired) electrons. The van der Waals surface area contributed by atoms with Gasteiger partial charge in [-0.05, 0) is 72.5 Å². The summed E-state index contributed by atoms with van der Waals surface area (Å²) in [7, 11) is 0.798. The van der Waals surface area contributed by atoms with Gasteiger partial charge in [0.05, 0.1) is 14.1 Å². The molecule has 2 amide bonds. The summed E-state index contributed by atoms with van der Waals surface area (Å²) in [6.45, 7) is 10.9. The Bertz CT molecular complexity index is 1440. The lowest BCUT2D eigenvalue weighted by Gasteiger charge is -2.46. The van der Waals surface area contributed by atoms with Gasteiger partial charge in [0.25, 0.3) is 0 Å². The SMILES string of the molecule is COC(C)[Si](C)(C)C.Cc1ccc(F)cc1[C@H]1CC(=O)N[C@@H](c2cccc(Cl)c2)[C@]12C(=O)Nc1cc(Cl)ccc12. The van der Waals surface area contributed by atoms with Gasteiger partial charge >= 0.3 is 0 Å². The fourth-order valence-electron chi connectivity index (χ4n) is 5.57. The lowest BCUT2D eigenvalue weighted by molar-refractivity contribution is -0.131. The zero-order valence-corrected chi connectivity index (χ0v) is 26.1. The van der Waals surface area contributed by atoms with Crippen molar-refractivity contribution in [2.45, 2.75) is 63.0 Å². The number of methoxy groups -OCH3 is 1. The molecule has 2 aliphatic heterocycles. The highest BCUT2D eigenvalue weighted by atomic mass is 35.5. The number of aryl methyl sites for hydroxylation is 1. The van der Waals surface area contributed by atoms with Crippen molar-refractivity contribution >= 4 is 48.8 Å². The van der Waals surface area contributed by atoms with E-state index in [0.717, 1.165) is 5.56 Å². The maximum Gasteiger partial charge on any atom is 0.238 e. The van der Waals surface area contributed by atoms with Crippen LogP contribution in [0.3, 0.4) is 0 Å². The molecular formula is C31H35Cl2FN2O3Si. The van der Waals surface area contributed by atoms with Crippen molar-refractivity contribution in [1.82, 2.24) is 5.32 Å². The molecular weight excluding hydrogens is 566 g/mol. The van der Waals surface area contributed by atoms with E-state index in [1.807, 2.05) is 19.1 Å². The molecule has 4 atom stereocenters. The minimum absolute atomic E-state index is 0.0385. The number of halogens is 3. The van der Waals surface area contributed by atoms with Gasteiger partial charge in [-0.15, -0.1) is 0 Å². The van der Waals surface area contributed by atoms with Gasteiger partial charge in [-0.2, -0.15) is 0 Å². The van der Waals surface area contributed by atoms with Crippen LogP contribution in [-0.2, 0) is 19.7 Å². The van der Waals surface area contributed by atoms with E-state index in [-0.39, 0.29) is 18.2 Å². The molecule has 0 aliphatic carbocycles. The zero-order chi connectivity index (χ0) is 29.4. The molecule has 5 nitrogen and oxygen atoms in total. The van der Waals surface area contributed by atoms with Gasteiger partial charge in [0.1, 0.15) is 11.2 Å². The Morgan fingerprint density at radius 3 is 2.35 bits per heavy atom. The summed E-state index contributed by atoms with van der Waals surface area (Å²) in [5.41, 5.74) is 2.72. The van der Waals surface area contributed by atoms with Gasteiger partial charge < -0.3 is 15.4 Å². The lowest BCUT2D eigenvalue weighted by Crippen LogP contribution is -2.57. The number of hydrogen-bond acceptors (Lipinski definition) is 3. The van der Waals surface area contributed by atoms with Gasteiger partial charge in [0, 0.05) is 40.9 Å². The van der Waals surface area contributed by atoms with E-state index >= 15 is 0 Å². The summed E-state index contributed by atoms with van der Waals surface area (Å²) in [5.74, 6) is -1.50. The normalized spacial score (nSPS) is 22.6. The van der Waals surface area contributed by atoms with Gasteiger partial charge in [-0.3, -0.25) is 9.59 Å². The number of carbonyl (C=O) groups excluding carboxylic acids is 2. The predicted molar refractivity (Wildman–Crippen MR) is 162 cm³/mol. The van der Waals surface area contributed by atoms with E-state index in [1.165, 1.54) is 12.1 Å².